The summed E-state index contributed by atoms with van der Waals surface area (Å²) in [6.45, 7) is 6.26. The predicted molar refractivity (Wildman–Crippen MR) is 90.2 cm³/mol. The number of amides is 1. The zero-order valence-corrected chi connectivity index (χ0v) is 13.9. The molecule has 0 aliphatic heterocycles. The summed E-state index contributed by atoms with van der Waals surface area (Å²) < 4.78 is 1.62. The Balaban J connectivity index is 2.01. The first-order valence-corrected chi connectivity index (χ1v) is 7.90. The van der Waals surface area contributed by atoms with Crippen LogP contribution in [0.2, 0.25) is 0 Å². The number of aromatic nitrogens is 2. The standard InChI is InChI=1S/C18H23N3O2/c1-4-15(18-13(2)7-6-11-19-18)20-16(22)10-12-21-14(3)8-5-9-17(21)23/h5-9,11,15H,4,10,12H2,1-3H3,(H,20,22). The first-order valence-electron chi connectivity index (χ1n) is 7.90. The number of carbonyl (C=O) groups is 1. The predicted octanol–water partition coefficient (Wildman–Crippen LogP) is 2.52. The highest BCUT2D eigenvalue weighted by atomic mass is 16.2. The van der Waals surface area contributed by atoms with Crippen molar-refractivity contribution in [2.75, 3.05) is 0 Å². The molecular weight excluding hydrogens is 290 g/mol. The molecule has 0 aliphatic rings. The third-order valence-corrected chi connectivity index (χ3v) is 3.95. The van der Waals surface area contributed by atoms with Crippen LogP contribution >= 0.6 is 0 Å². The molecule has 1 amide bonds. The van der Waals surface area contributed by atoms with Crippen LogP contribution in [0, 0.1) is 13.8 Å². The highest BCUT2D eigenvalue weighted by molar-refractivity contribution is 5.76. The van der Waals surface area contributed by atoms with Crippen LogP contribution in [0.25, 0.3) is 0 Å². The zero-order valence-electron chi connectivity index (χ0n) is 13.9. The van der Waals surface area contributed by atoms with Crippen molar-refractivity contribution in [3.63, 3.8) is 0 Å². The molecule has 0 radical (unpaired) electrons. The van der Waals surface area contributed by atoms with Gasteiger partial charge in [-0.1, -0.05) is 19.1 Å². The van der Waals surface area contributed by atoms with E-state index in [0.29, 0.717) is 6.54 Å². The second-order valence-electron chi connectivity index (χ2n) is 5.64. The molecule has 1 N–H and O–H groups in total. The van der Waals surface area contributed by atoms with Crippen molar-refractivity contribution in [3.8, 4) is 0 Å². The van der Waals surface area contributed by atoms with Gasteiger partial charge in [0, 0.05) is 30.9 Å². The summed E-state index contributed by atoms with van der Waals surface area (Å²) in [5, 5.41) is 3.02. The molecule has 0 saturated carbocycles. The number of hydrogen-bond acceptors (Lipinski definition) is 3. The molecule has 2 aromatic heterocycles. The van der Waals surface area contributed by atoms with Crippen molar-refractivity contribution in [3.05, 3.63) is 63.8 Å². The molecule has 0 spiro atoms. The summed E-state index contributed by atoms with van der Waals surface area (Å²) in [4.78, 5) is 28.4. The van der Waals surface area contributed by atoms with E-state index in [1.165, 1.54) is 6.07 Å². The average molecular weight is 313 g/mol. The molecule has 23 heavy (non-hydrogen) atoms. The van der Waals surface area contributed by atoms with Gasteiger partial charge in [0.05, 0.1) is 11.7 Å². The number of pyridine rings is 2. The van der Waals surface area contributed by atoms with Crippen LogP contribution in [0.4, 0.5) is 0 Å². The number of aryl methyl sites for hydroxylation is 2. The molecule has 0 aromatic carbocycles. The highest BCUT2D eigenvalue weighted by Crippen LogP contribution is 2.17. The Morgan fingerprint density at radius 2 is 2.04 bits per heavy atom. The molecule has 1 atom stereocenters. The third-order valence-electron chi connectivity index (χ3n) is 3.95. The lowest BCUT2D eigenvalue weighted by Gasteiger charge is -2.18. The molecule has 0 saturated heterocycles. The minimum absolute atomic E-state index is 0.0722. The molecule has 0 fully saturated rings. The Morgan fingerprint density at radius 1 is 1.26 bits per heavy atom. The smallest absolute Gasteiger partial charge is 0.250 e. The lowest BCUT2D eigenvalue weighted by atomic mass is 10.1. The lowest BCUT2D eigenvalue weighted by Crippen LogP contribution is -2.31. The maximum atomic E-state index is 12.2. The minimum atomic E-state index is -0.0997. The van der Waals surface area contributed by atoms with Gasteiger partial charge in [0.1, 0.15) is 0 Å². The fourth-order valence-electron chi connectivity index (χ4n) is 2.62. The van der Waals surface area contributed by atoms with Gasteiger partial charge in [0.15, 0.2) is 0 Å². The van der Waals surface area contributed by atoms with Crippen LogP contribution in [0.15, 0.2) is 41.3 Å². The molecule has 5 heteroatoms. The van der Waals surface area contributed by atoms with Gasteiger partial charge in [-0.2, -0.15) is 0 Å². The topological polar surface area (TPSA) is 64.0 Å². The lowest BCUT2D eigenvalue weighted by molar-refractivity contribution is -0.122. The van der Waals surface area contributed by atoms with Gasteiger partial charge in [-0.15, -0.1) is 0 Å². The van der Waals surface area contributed by atoms with E-state index in [4.69, 9.17) is 0 Å². The number of hydrogen-bond donors (Lipinski definition) is 1. The van der Waals surface area contributed by atoms with E-state index in [-0.39, 0.29) is 23.9 Å². The van der Waals surface area contributed by atoms with Crippen LogP contribution < -0.4 is 10.9 Å². The van der Waals surface area contributed by atoms with Crippen LogP contribution in [0.5, 0.6) is 0 Å². The largest absolute Gasteiger partial charge is 0.348 e. The highest BCUT2D eigenvalue weighted by Gasteiger charge is 2.16. The van der Waals surface area contributed by atoms with Crippen molar-refractivity contribution >= 4 is 5.91 Å². The van der Waals surface area contributed by atoms with Gasteiger partial charge in [0.2, 0.25) is 5.91 Å². The summed E-state index contributed by atoms with van der Waals surface area (Å²) in [6, 6.07) is 8.88. The molecule has 2 aromatic rings. The summed E-state index contributed by atoms with van der Waals surface area (Å²) in [5.74, 6) is -0.0722. The molecule has 122 valence electrons. The van der Waals surface area contributed by atoms with Gasteiger partial charge in [-0.05, 0) is 38.0 Å². The van der Waals surface area contributed by atoms with Crippen LogP contribution in [0.3, 0.4) is 0 Å². The second kappa shape index (κ2) is 7.72. The monoisotopic (exact) mass is 313 g/mol. The van der Waals surface area contributed by atoms with E-state index >= 15 is 0 Å². The van der Waals surface area contributed by atoms with Gasteiger partial charge < -0.3 is 9.88 Å². The van der Waals surface area contributed by atoms with Crippen molar-refractivity contribution < 1.29 is 4.79 Å². The molecule has 0 aliphatic carbocycles. The Morgan fingerprint density at radius 3 is 2.70 bits per heavy atom. The number of nitrogens with one attached hydrogen (secondary N) is 1. The van der Waals surface area contributed by atoms with Crippen LogP contribution in [-0.4, -0.2) is 15.5 Å². The van der Waals surface area contributed by atoms with E-state index in [0.717, 1.165) is 23.4 Å². The van der Waals surface area contributed by atoms with Crippen LogP contribution in [-0.2, 0) is 11.3 Å². The molecule has 5 nitrogen and oxygen atoms in total. The molecule has 2 heterocycles. The second-order valence-corrected chi connectivity index (χ2v) is 5.64. The Hall–Kier alpha value is -2.43. The fourth-order valence-corrected chi connectivity index (χ4v) is 2.62. The van der Waals surface area contributed by atoms with Gasteiger partial charge >= 0.3 is 0 Å². The Labute approximate surface area is 136 Å². The summed E-state index contributed by atoms with van der Waals surface area (Å²) in [7, 11) is 0. The van der Waals surface area contributed by atoms with E-state index in [1.54, 1.807) is 16.8 Å². The maximum Gasteiger partial charge on any atom is 0.250 e. The number of nitrogens with zero attached hydrogens (tertiary/aromatic N) is 2. The van der Waals surface area contributed by atoms with Crippen molar-refractivity contribution in [1.82, 2.24) is 14.9 Å². The molecular formula is C18H23N3O2. The quantitative estimate of drug-likeness (QED) is 0.891. The first kappa shape index (κ1) is 16.9. The van der Waals surface area contributed by atoms with E-state index in [2.05, 4.69) is 10.3 Å². The van der Waals surface area contributed by atoms with E-state index in [9.17, 15) is 9.59 Å². The first-order chi connectivity index (χ1) is 11.0. The van der Waals surface area contributed by atoms with Crippen molar-refractivity contribution in [1.29, 1.82) is 0 Å². The normalized spacial score (nSPS) is 12.0. The molecule has 0 bridgehead atoms. The maximum absolute atomic E-state index is 12.2. The third kappa shape index (κ3) is 4.28. The number of rotatable bonds is 6. The van der Waals surface area contributed by atoms with E-state index < -0.39 is 0 Å². The van der Waals surface area contributed by atoms with Crippen molar-refractivity contribution in [2.24, 2.45) is 0 Å². The molecule has 1 unspecified atom stereocenters. The number of carbonyl (C=O) groups excluding carboxylic acids is 1. The van der Waals surface area contributed by atoms with Crippen molar-refractivity contribution in [2.45, 2.75) is 46.2 Å². The summed E-state index contributed by atoms with van der Waals surface area (Å²) in [6.07, 6.45) is 2.78. The summed E-state index contributed by atoms with van der Waals surface area (Å²) >= 11 is 0. The fraction of sp³-hybridized carbons (Fsp3) is 0.389. The van der Waals surface area contributed by atoms with Crippen LogP contribution in [0.1, 0.15) is 42.8 Å². The SMILES string of the molecule is CCC(NC(=O)CCn1c(C)cccc1=O)c1ncccc1C. The Bertz CT molecular complexity index is 737. The van der Waals surface area contributed by atoms with Gasteiger partial charge in [-0.25, -0.2) is 0 Å². The minimum Gasteiger partial charge on any atom is -0.348 e. The molecule has 2 rings (SSSR count). The summed E-state index contributed by atoms with van der Waals surface area (Å²) in [5.41, 5.74) is 2.74. The van der Waals surface area contributed by atoms with Gasteiger partial charge in [0.25, 0.3) is 5.56 Å². The van der Waals surface area contributed by atoms with E-state index in [1.807, 2.05) is 39.0 Å². The average Bonchev–Trinajstić information content (AvgIpc) is 2.53. The van der Waals surface area contributed by atoms with Gasteiger partial charge in [-0.3, -0.25) is 14.6 Å². The Kier molecular flexibility index (Phi) is 5.68. The zero-order chi connectivity index (χ0) is 16.8.